The number of carbonyl (C=O) groups excluding carboxylic acids is 1. The van der Waals surface area contributed by atoms with Gasteiger partial charge in [-0.25, -0.2) is 18.7 Å². The molecule has 26 heteroatoms. The van der Waals surface area contributed by atoms with E-state index in [-0.39, 0.29) is 76.9 Å². The van der Waals surface area contributed by atoms with Gasteiger partial charge in [-0.3, -0.25) is 48.2 Å². The number of pyridine rings is 4. The van der Waals surface area contributed by atoms with E-state index in [4.69, 9.17) is 10.8 Å². The van der Waals surface area contributed by atoms with Crippen molar-refractivity contribution in [2.75, 3.05) is 23.7 Å². The van der Waals surface area contributed by atoms with Gasteiger partial charge in [0.1, 0.15) is 36.1 Å². The van der Waals surface area contributed by atoms with Gasteiger partial charge in [-0.1, -0.05) is 19.6 Å². The van der Waals surface area contributed by atoms with Crippen LogP contribution in [0, 0.1) is 25.5 Å². The van der Waals surface area contributed by atoms with Gasteiger partial charge in [-0.2, -0.15) is 17.6 Å². The predicted octanol–water partition coefficient (Wildman–Crippen LogP) is 5.01. The van der Waals surface area contributed by atoms with E-state index in [1.54, 1.807) is 6.92 Å². The zero-order chi connectivity index (χ0) is 46.2. The molecule has 6 N–H and O–H groups in total. The van der Waals surface area contributed by atoms with Crippen molar-refractivity contribution in [2.45, 2.75) is 59.3 Å². The van der Waals surface area contributed by atoms with Gasteiger partial charge in [0.05, 0.1) is 31.0 Å². The fraction of sp³-hybridized carbons (Fsp3) is 0.268. The molecule has 0 aliphatic carbocycles. The maximum atomic E-state index is 14.3. The maximum absolute atomic E-state index is 14.3. The number of nitrogens with one attached hydrogen (secondary N) is 3. The molecular weight excluding hydrogens is 936 g/mol. The Morgan fingerprint density at radius 3 is 1.45 bits per heavy atom. The monoisotopic (exact) mass is 981 g/mol. The standard InChI is InChI=1S/C20H19F3N6O2.C14H14F2N4O3.C6H7FN2.CH4.B.2ClH/c1-13-9-27-18(28-12-20(22,23)16-6-2-3-7-25-16)19(31)29(13)11-17(30)26-10-15-14(21)5-4-8-24-15;1-9-6-18-12(13(23)20(9)7-11(21)22)19-8-14(15,16)10-4-2-3-5-17-10;7-5-2-1-3-9-6(5)4-8;;;;/h2-9H,10-12H2,1H3,(H,26,30)(H,27,28);2-6H,7-8H2,1H3,(H,18,19)(H,21,22);1-3H,4,8H2;1H4;;2*1H. The summed E-state index contributed by atoms with van der Waals surface area (Å²) in [6.07, 6.45) is 7.93. The minimum atomic E-state index is -3.34. The van der Waals surface area contributed by atoms with Gasteiger partial charge in [0.15, 0.2) is 11.6 Å². The van der Waals surface area contributed by atoms with E-state index in [0.29, 0.717) is 17.1 Å². The van der Waals surface area contributed by atoms with E-state index in [2.05, 4.69) is 45.9 Å². The Bertz CT molecular complexity index is 2610. The number of hydrogen-bond donors (Lipinski definition) is 5. The highest BCUT2D eigenvalue weighted by Crippen LogP contribution is 2.26. The summed E-state index contributed by atoms with van der Waals surface area (Å²) in [7, 11) is 0. The molecule has 0 atom stereocenters. The largest absolute Gasteiger partial charge is 0.480 e. The highest BCUT2D eigenvalue weighted by Gasteiger charge is 2.34. The second kappa shape index (κ2) is 28.2. The fourth-order valence-electron chi connectivity index (χ4n) is 5.14. The molecule has 0 unspecified atom stereocenters. The fourth-order valence-corrected chi connectivity index (χ4v) is 5.14. The van der Waals surface area contributed by atoms with Gasteiger partial charge < -0.3 is 26.8 Å². The predicted molar refractivity (Wildman–Crippen MR) is 242 cm³/mol. The van der Waals surface area contributed by atoms with Crippen LogP contribution in [0.4, 0.5) is 38.0 Å². The molecule has 6 aromatic rings. The Balaban J connectivity index is 0.00000107. The van der Waals surface area contributed by atoms with Gasteiger partial charge in [0, 0.05) is 63.5 Å². The Labute approximate surface area is 394 Å². The number of alkyl halides is 4. The summed E-state index contributed by atoms with van der Waals surface area (Å²) in [5.74, 6) is -10.0. The number of hydrogen-bond acceptors (Lipinski definition) is 13. The summed E-state index contributed by atoms with van der Waals surface area (Å²) < 4.78 is 84.7. The minimum absolute atomic E-state index is 0. The summed E-state index contributed by atoms with van der Waals surface area (Å²) in [5.41, 5.74) is 3.79. The highest BCUT2D eigenvalue weighted by atomic mass is 35.5. The highest BCUT2D eigenvalue weighted by molar-refractivity contribution is 5.85. The van der Waals surface area contributed by atoms with Crippen LogP contribution in [0.3, 0.4) is 0 Å². The molecule has 0 aliphatic rings. The summed E-state index contributed by atoms with van der Waals surface area (Å²) in [4.78, 5) is 70.1. The SMILES string of the molecule is C.Cc1cnc(NCC(F)(F)c2ccccn2)c(=O)n1CC(=O)NCc1ncccc1F.Cc1cnc(NCC(F)(F)c2ccccn2)c(=O)n1CC(=O)O.Cl.Cl.NCc1ncccc1F.[B]. The molecule has 17 nitrogen and oxygen atoms in total. The summed E-state index contributed by atoms with van der Waals surface area (Å²) in [6, 6.07) is 13.8. The number of aryl methyl sites for hydroxylation is 2. The van der Waals surface area contributed by atoms with E-state index < -0.39 is 78.2 Å². The van der Waals surface area contributed by atoms with Crippen LogP contribution in [0.1, 0.15) is 41.6 Å². The average Bonchev–Trinajstić information content (AvgIpc) is 3.27. The molecule has 0 saturated carbocycles. The summed E-state index contributed by atoms with van der Waals surface area (Å²) in [5, 5.41) is 15.9. The number of nitrogens with two attached hydrogens (primary N) is 1. The minimum Gasteiger partial charge on any atom is -0.480 e. The number of rotatable bonds is 15. The molecular formula is C41H46BCl2F6N12O5. The molecule has 67 heavy (non-hydrogen) atoms. The molecule has 0 aliphatic heterocycles. The number of carboxylic acid groups (broad SMARTS) is 1. The van der Waals surface area contributed by atoms with Crippen LogP contribution in [0.25, 0.3) is 0 Å². The summed E-state index contributed by atoms with van der Waals surface area (Å²) in [6.45, 7) is 0.294. The van der Waals surface area contributed by atoms with E-state index in [0.717, 1.165) is 9.13 Å². The molecule has 0 saturated heterocycles. The zero-order valence-corrected chi connectivity index (χ0v) is 36.5. The van der Waals surface area contributed by atoms with Crippen LogP contribution >= 0.6 is 24.8 Å². The number of amides is 1. The number of nitrogens with zero attached hydrogens (tertiary/aromatic N) is 8. The zero-order valence-electron chi connectivity index (χ0n) is 34.9. The van der Waals surface area contributed by atoms with E-state index in [9.17, 15) is 45.5 Å². The van der Waals surface area contributed by atoms with E-state index in [1.807, 2.05) is 0 Å². The third kappa shape index (κ3) is 17.8. The molecule has 359 valence electrons. The van der Waals surface area contributed by atoms with Crippen LogP contribution < -0.4 is 32.8 Å². The Morgan fingerprint density at radius 2 is 1.07 bits per heavy atom. The third-order valence-electron chi connectivity index (χ3n) is 8.45. The second-order valence-corrected chi connectivity index (χ2v) is 13.1. The third-order valence-corrected chi connectivity index (χ3v) is 8.45. The average molecular weight is 983 g/mol. The number of halogens is 8. The lowest BCUT2D eigenvalue weighted by molar-refractivity contribution is -0.137. The first-order valence-corrected chi connectivity index (χ1v) is 18.5. The van der Waals surface area contributed by atoms with Crippen LogP contribution in [0.2, 0.25) is 0 Å². The van der Waals surface area contributed by atoms with Gasteiger partial charge in [-0.15, -0.1) is 24.8 Å². The van der Waals surface area contributed by atoms with E-state index in [1.165, 1.54) is 105 Å². The Morgan fingerprint density at radius 1 is 0.657 bits per heavy atom. The van der Waals surface area contributed by atoms with Crippen molar-refractivity contribution in [3.8, 4) is 0 Å². The number of carboxylic acids is 1. The van der Waals surface area contributed by atoms with Gasteiger partial charge in [0.2, 0.25) is 5.91 Å². The normalized spacial score (nSPS) is 10.3. The molecule has 0 fully saturated rings. The first-order valence-electron chi connectivity index (χ1n) is 18.5. The van der Waals surface area contributed by atoms with Crippen molar-refractivity contribution >= 4 is 56.7 Å². The molecule has 1 amide bonds. The van der Waals surface area contributed by atoms with Gasteiger partial charge in [-0.05, 0) is 62.4 Å². The lowest BCUT2D eigenvalue weighted by atomic mass is 10.2. The number of aromatic nitrogens is 8. The van der Waals surface area contributed by atoms with Crippen LogP contribution in [-0.2, 0) is 47.6 Å². The molecule has 0 bridgehead atoms. The van der Waals surface area contributed by atoms with Crippen molar-refractivity contribution in [3.05, 3.63) is 164 Å². The Hall–Kier alpha value is -6.92. The lowest BCUT2D eigenvalue weighted by Crippen LogP contribution is -2.36. The quantitative estimate of drug-likeness (QED) is 0.0672. The maximum Gasteiger partial charge on any atom is 0.323 e. The van der Waals surface area contributed by atoms with Crippen molar-refractivity contribution in [3.63, 3.8) is 0 Å². The smallest absolute Gasteiger partial charge is 0.323 e. The van der Waals surface area contributed by atoms with Crippen molar-refractivity contribution < 1.29 is 41.0 Å². The van der Waals surface area contributed by atoms with E-state index >= 15 is 0 Å². The Kier molecular flexibility index (Phi) is 25.3. The number of anilines is 2. The van der Waals surface area contributed by atoms with Gasteiger partial charge in [0.25, 0.3) is 11.1 Å². The topological polar surface area (TPSA) is 238 Å². The van der Waals surface area contributed by atoms with Crippen molar-refractivity contribution in [1.82, 2.24) is 44.4 Å². The lowest BCUT2D eigenvalue weighted by Gasteiger charge is -2.17. The summed E-state index contributed by atoms with van der Waals surface area (Å²) >= 11 is 0. The first-order chi connectivity index (χ1) is 29.9. The molecule has 6 aromatic heterocycles. The second-order valence-electron chi connectivity index (χ2n) is 13.1. The van der Waals surface area contributed by atoms with Crippen molar-refractivity contribution in [2.24, 2.45) is 5.73 Å². The number of aliphatic carboxylic acids is 1. The van der Waals surface area contributed by atoms with Crippen LogP contribution in [0.15, 0.2) is 107 Å². The molecule has 3 radical (unpaired) electrons. The molecule has 6 heterocycles. The van der Waals surface area contributed by atoms with Crippen molar-refractivity contribution in [1.29, 1.82) is 0 Å². The van der Waals surface area contributed by atoms with Crippen LogP contribution in [-0.4, -0.2) is 77.5 Å². The van der Waals surface area contributed by atoms with Crippen LogP contribution in [0.5, 0.6) is 0 Å². The molecule has 6 rings (SSSR count). The first kappa shape index (κ1) is 60.1. The molecule has 0 aromatic carbocycles. The van der Waals surface area contributed by atoms with Gasteiger partial charge >= 0.3 is 17.8 Å². The molecule has 0 spiro atoms. The number of carbonyl (C=O) groups is 2.